The number of hydrogen-bond acceptors (Lipinski definition) is 4. The van der Waals surface area contributed by atoms with Gasteiger partial charge in [-0.25, -0.2) is 4.68 Å². The van der Waals surface area contributed by atoms with Gasteiger partial charge in [0.15, 0.2) is 0 Å². The van der Waals surface area contributed by atoms with E-state index in [-0.39, 0.29) is 16.6 Å². The molecule has 1 aliphatic rings. The lowest BCUT2D eigenvalue weighted by atomic mass is 9.89. The van der Waals surface area contributed by atoms with Crippen LogP contribution >= 0.6 is 15.9 Å². The molecule has 0 bridgehead atoms. The summed E-state index contributed by atoms with van der Waals surface area (Å²) in [6.45, 7) is -1.42. The number of aliphatic hydroxyl groups excluding tert-OH is 1. The van der Waals surface area contributed by atoms with E-state index in [4.69, 9.17) is 5.11 Å². The molecule has 5 nitrogen and oxygen atoms in total. The maximum atomic E-state index is 12.2. The molecule has 0 unspecified atom stereocenters. The van der Waals surface area contributed by atoms with Gasteiger partial charge in [-0.15, -0.1) is 0 Å². The van der Waals surface area contributed by atoms with Gasteiger partial charge < -0.3 is 10.4 Å². The minimum Gasteiger partial charge on any atom is -0.393 e. The Labute approximate surface area is 114 Å². The van der Waals surface area contributed by atoms with E-state index in [9.17, 15) is 18.0 Å². The van der Waals surface area contributed by atoms with Crippen LogP contribution in [0.5, 0.6) is 0 Å². The van der Waals surface area contributed by atoms with Gasteiger partial charge in [-0.1, -0.05) is 0 Å². The van der Waals surface area contributed by atoms with Crippen LogP contribution in [0.25, 0.3) is 0 Å². The molecular formula is C10H11BrF3N3O2. The second-order valence-corrected chi connectivity index (χ2v) is 5.21. The van der Waals surface area contributed by atoms with Crippen molar-refractivity contribution in [3.63, 3.8) is 0 Å². The Hall–Kier alpha value is -1.09. The second-order valence-electron chi connectivity index (χ2n) is 4.42. The molecule has 0 spiro atoms. The van der Waals surface area contributed by atoms with E-state index in [0.29, 0.717) is 23.2 Å². The van der Waals surface area contributed by atoms with Gasteiger partial charge in [0.05, 0.1) is 18.0 Å². The monoisotopic (exact) mass is 341 g/mol. The molecule has 1 aromatic heterocycles. The van der Waals surface area contributed by atoms with Crippen molar-refractivity contribution in [3.8, 4) is 0 Å². The van der Waals surface area contributed by atoms with Gasteiger partial charge in [-0.05, 0) is 28.8 Å². The van der Waals surface area contributed by atoms with Gasteiger partial charge in [-0.3, -0.25) is 4.79 Å². The molecule has 0 saturated heterocycles. The molecule has 9 heteroatoms. The molecular weight excluding hydrogens is 331 g/mol. The first-order valence-electron chi connectivity index (χ1n) is 5.53. The molecule has 2 N–H and O–H groups in total. The van der Waals surface area contributed by atoms with E-state index >= 15 is 0 Å². The maximum absolute atomic E-state index is 12.2. The second kappa shape index (κ2) is 5.12. The lowest BCUT2D eigenvalue weighted by molar-refractivity contribution is -0.143. The minimum absolute atomic E-state index is 0.00552. The third kappa shape index (κ3) is 3.47. The van der Waals surface area contributed by atoms with Crippen LogP contribution < -0.4 is 10.9 Å². The van der Waals surface area contributed by atoms with Crippen LogP contribution in [0, 0.1) is 0 Å². The molecule has 1 aliphatic carbocycles. The Bertz CT molecular complexity index is 526. The molecule has 19 heavy (non-hydrogen) atoms. The number of nitrogens with zero attached hydrogens (tertiary/aromatic N) is 2. The third-order valence-electron chi connectivity index (χ3n) is 2.79. The van der Waals surface area contributed by atoms with Crippen molar-refractivity contribution in [1.82, 2.24) is 9.78 Å². The first-order valence-corrected chi connectivity index (χ1v) is 6.32. The van der Waals surface area contributed by atoms with Gasteiger partial charge in [0.1, 0.15) is 11.0 Å². The fraction of sp³-hybridized carbons (Fsp3) is 0.600. The van der Waals surface area contributed by atoms with E-state index in [1.165, 1.54) is 6.20 Å². The lowest BCUT2D eigenvalue weighted by Gasteiger charge is -2.32. The normalized spacial score (nSPS) is 23.0. The molecule has 1 heterocycles. The molecule has 0 radical (unpaired) electrons. The van der Waals surface area contributed by atoms with Crippen LogP contribution in [0.1, 0.15) is 12.8 Å². The van der Waals surface area contributed by atoms with E-state index in [1.54, 1.807) is 0 Å². The van der Waals surface area contributed by atoms with Crippen LogP contribution in [0.15, 0.2) is 15.5 Å². The molecule has 106 valence electrons. The summed E-state index contributed by atoms with van der Waals surface area (Å²) >= 11 is 2.97. The van der Waals surface area contributed by atoms with E-state index < -0.39 is 18.3 Å². The Kier molecular flexibility index (Phi) is 3.86. The molecule has 1 saturated carbocycles. The zero-order valence-corrected chi connectivity index (χ0v) is 11.2. The van der Waals surface area contributed by atoms with Crippen molar-refractivity contribution < 1.29 is 18.3 Å². The van der Waals surface area contributed by atoms with Crippen LogP contribution in [-0.2, 0) is 6.54 Å². The molecule has 0 aliphatic heterocycles. The highest BCUT2D eigenvalue weighted by atomic mass is 79.9. The molecule has 0 atom stereocenters. The zero-order chi connectivity index (χ0) is 14.2. The summed E-state index contributed by atoms with van der Waals surface area (Å²) in [4.78, 5) is 11.7. The van der Waals surface area contributed by atoms with Crippen LogP contribution in [0.3, 0.4) is 0 Å². The summed E-state index contributed by atoms with van der Waals surface area (Å²) in [7, 11) is 0. The van der Waals surface area contributed by atoms with Crippen LogP contribution in [0.4, 0.5) is 18.9 Å². The highest BCUT2D eigenvalue weighted by Gasteiger charge is 2.31. The molecule has 0 aromatic carbocycles. The SMILES string of the molecule is O=c1c(Br)c(NC2CC(O)C2)cnn1CC(F)(F)F. The van der Waals surface area contributed by atoms with Crippen molar-refractivity contribution in [2.45, 2.75) is 37.7 Å². The summed E-state index contributed by atoms with van der Waals surface area (Å²) in [6, 6.07) is 0.00552. The summed E-state index contributed by atoms with van der Waals surface area (Å²) in [5, 5.41) is 15.6. The number of aliphatic hydroxyl groups is 1. The Morgan fingerprint density at radius 1 is 1.53 bits per heavy atom. The molecule has 2 rings (SSSR count). The summed E-state index contributed by atoms with van der Waals surface area (Å²) in [6.07, 6.45) is -2.61. The predicted molar refractivity (Wildman–Crippen MR) is 64.9 cm³/mol. The topological polar surface area (TPSA) is 67.2 Å². The number of nitrogens with one attached hydrogen (secondary N) is 1. The van der Waals surface area contributed by atoms with Gasteiger partial charge >= 0.3 is 6.18 Å². The number of halogens is 4. The lowest BCUT2D eigenvalue weighted by Crippen LogP contribution is -2.40. The molecule has 1 fully saturated rings. The first kappa shape index (κ1) is 14.3. The number of anilines is 1. The average Bonchev–Trinajstić information content (AvgIpc) is 2.24. The Morgan fingerprint density at radius 2 is 2.16 bits per heavy atom. The van der Waals surface area contributed by atoms with Gasteiger partial charge in [0.25, 0.3) is 5.56 Å². The van der Waals surface area contributed by atoms with Gasteiger partial charge in [0, 0.05) is 6.04 Å². The average molecular weight is 342 g/mol. The largest absolute Gasteiger partial charge is 0.408 e. The van der Waals surface area contributed by atoms with E-state index in [2.05, 4.69) is 26.3 Å². The number of hydrogen-bond donors (Lipinski definition) is 2. The Morgan fingerprint density at radius 3 is 2.68 bits per heavy atom. The first-order chi connectivity index (χ1) is 8.76. The van der Waals surface area contributed by atoms with E-state index in [1.807, 2.05) is 0 Å². The van der Waals surface area contributed by atoms with Crippen molar-refractivity contribution in [1.29, 1.82) is 0 Å². The summed E-state index contributed by atoms with van der Waals surface area (Å²) in [5.41, 5.74) is -0.512. The Balaban J connectivity index is 2.15. The highest BCUT2D eigenvalue weighted by Crippen LogP contribution is 2.26. The number of rotatable bonds is 3. The van der Waals surface area contributed by atoms with Crippen molar-refractivity contribution >= 4 is 21.6 Å². The zero-order valence-electron chi connectivity index (χ0n) is 9.62. The smallest absolute Gasteiger partial charge is 0.393 e. The van der Waals surface area contributed by atoms with Gasteiger partial charge in [0.2, 0.25) is 0 Å². The summed E-state index contributed by atoms with van der Waals surface area (Å²) < 4.78 is 37.0. The standard InChI is InChI=1S/C10H11BrF3N3O2/c11-8-7(16-5-1-6(18)2-5)3-15-17(9(8)19)4-10(12,13)14/h3,5-6,16,18H,1-2,4H2. The minimum atomic E-state index is -4.50. The van der Waals surface area contributed by atoms with Crippen LogP contribution in [-0.4, -0.2) is 33.2 Å². The quantitative estimate of drug-likeness (QED) is 0.874. The summed E-state index contributed by atoms with van der Waals surface area (Å²) in [5.74, 6) is 0. The van der Waals surface area contributed by atoms with Crippen LogP contribution in [0.2, 0.25) is 0 Å². The fourth-order valence-electron chi connectivity index (χ4n) is 1.77. The van der Waals surface area contributed by atoms with E-state index in [0.717, 1.165) is 0 Å². The molecule has 1 aromatic rings. The fourth-order valence-corrected chi connectivity index (χ4v) is 2.20. The highest BCUT2D eigenvalue weighted by molar-refractivity contribution is 9.10. The number of aromatic nitrogens is 2. The van der Waals surface area contributed by atoms with Crippen molar-refractivity contribution in [3.05, 3.63) is 21.0 Å². The van der Waals surface area contributed by atoms with Gasteiger partial charge in [-0.2, -0.15) is 18.3 Å². The van der Waals surface area contributed by atoms with Crippen molar-refractivity contribution in [2.75, 3.05) is 5.32 Å². The predicted octanol–water partition coefficient (Wildman–Crippen LogP) is 1.50. The third-order valence-corrected chi connectivity index (χ3v) is 3.55. The van der Waals surface area contributed by atoms with Crippen molar-refractivity contribution in [2.24, 2.45) is 0 Å². The maximum Gasteiger partial charge on any atom is 0.408 e. The number of alkyl halides is 3. The molecule has 0 amide bonds.